The van der Waals surface area contributed by atoms with E-state index in [2.05, 4.69) is 15.0 Å². The Labute approximate surface area is 102 Å². The molecule has 96 valence electrons. The van der Waals surface area contributed by atoms with Crippen LogP contribution in [0.25, 0.3) is 11.2 Å². The number of nitrogen functional groups attached to an aromatic ring is 1. The van der Waals surface area contributed by atoms with Crippen LogP contribution < -0.4 is 5.73 Å². The Bertz CT molecular complexity index is 598. The van der Waals surface area contributed by atoms with Crippen molar-refractivity contribution in [3.8, 4) is 0 Å². The highest BCUT2D eigenvalue weighted by Crippen LogP contribution is 2.28. The van der Waals surface area contributed by atoms with E-state index in [1.54, 1.807) is 11.5 Å². The molecule has 1 aliphatic heterocycles. The summed E-state index contributed by atoms with van der Waals surface area (Å²) < 4.78 is 6.89. The molecule has 0 aliphatic carbocycles. The molecule has 0 amide bonds. The van der Waals surface area contributed by atoms with E-state index < -0.39 is 18.4 Å². The van der Waals surface area contributed by atoms with Crippen LogP contribution in [0, 0.1) is 6.92 Å². The second-order valence-electron chi connectivity index (χ2n) is 4.26. The Morgan fingerprint density at radius 2 is 2.22 bits per heavy atom. The topological polar surface area (TPSA) is 119 Å². The van der Waals surface area contributed by atoms with Gasteiger partial charge in [0.1, 0.15) is 23.5 Å². The van der Waals surface area contributed by atoms with Gasteiger partial charge in [-0.05, 0) is 6.92 Å². The van der Waals surface area contributed by atoms with E-state index in [1.165, 1.54) is 6.33 Å². The van der Waals surface area contributed by atoms with E-state index in [0.29, 0.717) is 17.0 Å². The average Bonchev–Trinajstić information content (AvgIpc) is 2.85. The van der Waals surface area contributed by atoms with E-state index in [1.807, 2.05) is 0 Å². The third kappa shape index (κ3) is 1.54. The highest BCUT2D eigenvalue weighted by molar-refractivity contribution is 5.81. The molecular formula is C10H13N5O3. The maximum absolute atomic E-state index is 9.83. The lowest BCUT2D eigenvalue weighted by atomic mass is 10.2. The molecule has 4 N–H and O–H groups in total. The SMILES string of the molecule is Cc1nc(N)c2ncn([C@@H]3OC[C@@H](O)[C@H]3O)c2n1. The number of fused-ring (bicyclic) bond motifs is 1. The lowest BCUT2D eigenvalue weighted by Gasteiger charge is -2.16. The van der Waals surface area contributed by atoms with Gasteiger partial charge in [-0.15, -0.1) is 0 Å². The molecule has 0 bridgehead atoms. The Kier molecular flexibility index (Phi) is 2.44. The van der Waals surface area contributed by atoms with Gasteiger partial charge in [-0.25, -0.2) is 15.0 Å². The molecular weight excluding hydrogens is 238 g/mol. The first-order chi connectivity index (χ1) is 8.58. The normalized spacial score (nSPS) is 28.1. The van der Waals surface area contributed by atoms with Gasteiger partial charge in [-0.2, -0.15) is 0 Å². The number of aliphatic hydroxyl groups is 2. The van der Waals surface area contributed by atoms with Gasteiger partial charge in [0.15, 0.2) is 17.7 Å². The quantitative estimate of drug-likeness (QED) is 0.592. The molecule has 2 aromatic heterocycles. The van der Waals surface area contributed by atoms with E-state index in [9.17, 15) is 10.2 Å². The average molecular weight is 251 g/mol. The summed E-state index contributed by atoms with van der Waals surface area (Å²) in [5.74, 6) is 0.791. The molecule has 8 heteroatoms. The molecule has 1 aliphatic rings. The van der Waals surface area contributed by atoms with Gasteiger partial charge in [-0.1, -0.05) is 0 Å². The lowest BCUT2D eigenvalue weighted by molar-refractivity contribution is -0.0163. The number of rotatable bonds is 1. The van der Waals surface area contributed by atoms with Crippen molar-refractivity contribution in [1.29, 1.82) is 0 Å². The zero-order chi connectivity index (χ0) is 12.9. The molecule has 3 rings (SSSR count). The van der Waals surface area contributed by atoms with E-state index in [4.69, 9.17) is 10.5 Å². The van der Waals surface area contributed by atoms with Crippen molar-refractivity contribution in [3.05, 3.63) is 12.2 Å². The monoisotopic (exact) mass is 251 g/mol. The number of hydrogen-bond donors (Lipinski definition) is 3. The largest absolute Gasteiger partial charge is 0.388 e. The minimum Gasteiger partial charge on any atom is -0.388 e. The zero-order valence-electron chi connectivity index (χ0n) is 9.69. The third-order valence-corrected chi connectivity index (χ3v) is 2.96. The molecule has 1 saturated heterocycles. The van der Waals surface area contributed by atoms with Crippen molar-refractivity contribution in [2.45, 2.75) is 25.4 Å². The highest BCUT2D eigenvalue weighted by atomic mass is 16.5. The molecule has 0 saturated carbocycles. The number of hydrogen-bond acceptors (Lipinski definition) is 7. The summed E-state index contributed by atoms with van der Waals surface area (Å²) in [6, 6.07) is 0. The van der Waals surface area contributed by atoms with Crippen molar-refractivity contribution in [2.75, 3.05) is 12.3 Å². The number of aromatic nitrogens is 4. The number of anilines is 1. The minimum absolute atomic E-state index is 0.0745. The van der Waals surface area contributed by atoms with Gasteiger partial charge < -0.3 is 20.7 Å². The van der Waals surface area contributed by atoms with E-state index >= 15 is 0 Å². The zero-order valence-corrected chi connectivity index (χ0v) is 9.69. The maximum atomic E-state index is 9.83. The molecule has 18 heavy (non-hydrogen) atoms. The van der Waals surface area contributed by atoms with Crippen LogP contribution in [0.3, 0.4) is 0 Å². The number of imidazole rings is 1. The van der Waals surface area contributed by atoms with Crippen LogP contribution in [0.4, 0.5) is 5.82 Å². The molecule has 0 radical (unpaired) electrons. The fourth-order valence-corrected chi connectivity index (χ4v) is 2.07. The number of nitrogens with two attached hydrogens (primary N) is 1. The Balaban J connectivity index is 2.13. The number of ether oxygens (including phenoxy) is 1. The van der Waals surface area contributed by atoms with Crippen molar-refractivity contribution in [2.24, 2.45) is 0 Å². The van der Waals surface area contributed by atoms with Crippen LogP contribution in [0.5, 0.6) is 0 Å². The van der Waals surface area contributed by atoms with Gasteiger partial charge in [0.05, 0.1) is 12.9 Å². The maximum Gasteiger partial charge on any atom is 0.167 e. The molecule has 3 heterocycles. The van der Waals surface area contributed by atoms with Crippen LogP contribution >= 0.6 is 0 Å². The molecule has 3 atom stereocenters. The third-order valence-electron chi connectivity index (χ3n) is 2.96. The first-order valence-electron chi connectivity index (χ1n) is 5.52. The van der Waals surface area contributed by atoms with Crippen molar-refractivity contribution >= 4 is 17.0 Å². The van der Waals surface area contributed by atoms with Crippen molar-refractivity contribution in [3.63, 3.8) is 0 Å². The first-order valence-corrected chi connectivity index (χ1v) is 5.52. The van der Waals surface area contributed by atoms with E-state index in [0.717, 1.165) is 0 Å². The first kappa shape index (κ1) is 11.3. The summed E-state index contributed by atoms with van der Waals surface area (Å²) in [5.41, 5.74) is 6.69. The van der Waals surface area contributed by atoms with Gasteiger partial charge in [-0.3, -0.25) is 4.57 Å². The van der Waals surface area contributed by atoms with Crippen LogP contribution in [0.1, 0.15) is 12.1 Å². The summed E-state index contributed by atoms with van der Waals surface area (Å²) in [6.45, 7) is 1.79. The smallest absolute Gasteiger partial charge is 0.167 e. The van der Waals surface area contributed by atoms with E-state index in [-0.39, 0.29) is 12.4 Å². The molecule has 0 aromatic carbocycles. The summed E-state index contributed by atoms with van der Waals surface area (Å²) in [7, 11) is 0. The fourth-order valence-electron chi connectivity index (χ4n) is 2.07. The Morgan fingerprint density at radius 3 is 2.89 bits per heavy atom. The number of aryl methyl sites for hydroxylation is 1. The predicted molar refractivity (Wildman–Crippen MR) is 61.5 cm³/mol. The molecule has 8 nitrogen and oxygen atoms in total. The number of nitrogens with zero attached hydrogens (tertiary/aromatic N) is 4. The van der Waals surface area contributed by atoms with Crippen molar-refractivity contribution in [1.82, 2.24) is 19.5 Å². The van der Waals surface area contributed by atoms with Crippen LogP contribution in [-0.2, 0) is 4.74 Å². The second kappa shape index (κ2) is 3.87. The second-order valence-corrected chi connectivity index (χ2v) is 4.26. The van der Waals surface area contributed by atoms with Gasteiger partial charge in [0, 0.05) is 0 Å². The lowest BCUT2D eigenvalue weighted by Crippen LogP contribution is -2.28. The van der Waals surface area contributed by atoms with Crippen LogP contribution in [0.2, 0.25) is 0 Å². The summed E-state index contributed by atoms with van der Waals surface area (Å²) in [4.78, 5) is 12.4. The van der Waals surface area contributed by atoms with Crippen LogP contribution in [0.15, 0.2) is 6.33 Å². The molecule has 2 aromatic rings. The molecule has 0 unspecified atom stereocenters. The fraction of sp³-hybridized carbons (Fsp3) is 0.500. The van der Waals surface area contributed by atoms with Crippen molar-refractivity contribution < 1.29 is 14.9 Å². The Hall–Kier alpha value is -1.77. The van der Waals surface area contributed by atoms with Crippen LogP contribution in [-0.4, -0.2) is 48.5 Å². The summed E-state index contributed by atoms with van der Waals surface area (Å²) in [6.07, 6.45) is -1.16. The van der Waals surface area contributed by atoms with Gasteiger partial charge in [0.25, 0.3) is 0 Å². The number of aliphatic hydroxyl groups excluding tert-OH is 2. The molecule has 0 spiro atoms. The Morgan fingerprint density at radius 1 is 1.44 bits per heavy atom. The minimum atomic E-state index is -1.01. The highest BCUT2D eigenvalue weighted by Gasteiger charge is 2.36. The standard InChI is InChI=1S/C10H13N5O3/c1-4-13-8(11)6-9(14-4)15(3-12-6)10-7(17)5(16)2-18-10/h3,5,7,10,16-17H,2H2,1H3,(H2,11,13,14)/t5-,7-,10-/m1/s1. The predicted octanol–water partition coefficient (Wildman–Crippen LogP) is -1.03. The van der Waals surface area contributed by atoms with Gasteiger partial charge in [0.2, 0.25) is 0 Å². The summed E-state index contributed by atoms with van der Waals surface area (Å²) in [5, 5.41) is 19.3. The molecule has 1 fully saturated rings. The summed E-state index contributed by atoms with van der Waals surface area (Å²) >= 11 is 0. The van der Waals surface area contributed by atoms with Gasteiger partial charge >= 0.3 is 0 Å².